The fourth-order valence-electron chi connectivity index (χ4n) is 1.16. The zero-order valence-electron chi connectivity index (χ0n) is 6.88. The first-order valence-electron chi connectivity index (χ1n) is 4.14. The van der Waals surface area contributed by atoms with Crippen LogP contribution in [0.5, 0.6) is 0 Å². The van der Waals surface area contributed by atoms with Crippen LogP contribution in [0.4, 0.5) is 0 Å². The van der Waals surface area contributed by atoms with E-state index in [1.807, 2.05) is 0 Å². The third-order valence-corrected chi connectivity index (χ3v) is 2.21. The van der Waals surface area contributed by atoms with Crippen LogP contribution in [0.1, 0.15) is 26.7 Å². The summed E-state index contributed by atoms with van der Waals surface area (Å²) >= 11 is 0. The molecule has 0 fully saturated rings. The lowest BCUT2D eigenvalue weighted by atomic mass is 9.93. The molecule has 0 amide bonds. The molecule has 0 aromatic heterocycles. The van der Waals surface area contributed by atoms with Crippen LogP contribution in [0.3, 0.4) is 0 Å². The monoisotopic (exact) mass is 136 g/mol. The Morgan fingerprint density at radius 1 is 0.900 bits per heavy atom. The van der Waals surface area contributed by atoms with Crippen LogP contribution in [-0.4, -0.2) is 0 Å². The van der Waals surface area contributed by atoms with Crippen LogP contribution in [-0.2, 0) is 0 Å². The maximum atomic E-state index is 2.33. The van der Waals surface area contributed by atoms with Gasteiger partial charge in [-0.3, -0.25) is 0 Å². The highest BCUT2D eigenvalue weighted by atomic mass is 14.1. The van der Waals surface area contributed by atoms with Gasteiger partial charge < -0.3 is 0 Å². The van der Waals surface area contributed by atoms with Crippen molar-refractivity contribution >= 4 is 0 Å². The Labute approximate surface area is 63.6 Å². The summed E-state index contributed by atoms with van der Waals surface area (Å²) in [5.74, 6) is 1.44. The highest BCUT2D eigenvalue weighted by Gasteiger charge is 2.05. The maximum absolute atomic E-state index is 2.33. The summed E-state index contributed by atoms with van der Waals surface area (Å²) in [7, 11) is 0. The summed E-state index contributed by atoms with van der Waals surface area (Å²) in [6.45, 7) is 4.55. The highest BCUT2D eigenvalue weighted by Crippen LogP contribution is 2.16. The van der Waals surface area contributed by atoms with Crippen LogP contribution in [0, 0.1) is 11.8 Å². The molecule has 0 saturated heterocycles. The molecule has 2 atom stereocenters. The van der Waals surface area contributed by atoms with E-state index in [1.165, 1.54) is 12.8 Å². The number of rotatable bonds is 0. The molecule has 0 nitrogen and oxygen atoms in total. The number of hydrogen-bond donors (Lipinski definition) is 0. The smallest absolute Gasteiger partial charge is 0.0202 e. The van der Waals surface area contributed by atoms with Gasteiger partial charge in [0.05, 0.1) is 0 Å². The van der Waals surface area contributed by atoms with Gasteiger partial charge in [0.15, 0.2) is 0 Å². The van der Waals surface area contributed by atoms with Gasteiger partial charge in [0, 0.05) is 0 Å². The molecule has 0 aromatic carbocycles. The molecule has 1 aliphatic rings. The van der Waals surface area contributed by atoms with E-state index in [4.69, 9.17) is 0 Å². The van der Waals surface area contributed by atoms with Gasteiger partial charge >= 0.3 is 0 Å². The first kappa shape index (κ1) is 7.59. The van der Waals surface area contributed by atoms with Crippen LogP contribution >= 0.6 is 0 Å². The van der Waals surface area contributed by atoms with Crippen molar-refractivity contribution < 1.29 is 0 Å². The van der Waals surface area contributed by atoms with Gasteiger partial charge in [-0.1, -0.05) is 38.2 Å². The lowest BCUT2D eigenvalue weighted by Gasteiger charge is -2.13. The fourth-order valence-corrected chi connectivity index (χ4v) is 1.16. The van der Waals surface area contributed by atoms with Crippen molar-refractivity contribution in [3.8, 4) is 0 Å². The molecule has 0 aromatic rings. The SMILES string of the molecule is C[C@@H]1/C=C\CC/C=C\[C@@H]1C. The Morgan fingerprint density at radius 2 is 1.30 bits per heavy atom. The predicted molar refractivity (Wildman–Crippen MR) is 45.8 cm³/mol. The Hall–Kier alpha value is -0.520. The van der Waals surface area contributed by atoms with Gasteiger partial charge in [0.25, 0.3) is 0 Å². The Bertz CT molecular complexity index is 124. The summed E-state index contributed by atoms with van der Waals surface area (Å²) in [6, 6.07) is 0. The largest absolute Gasteiger partial charge is 0.0879 e. The second-order valence-electron chi connectivity index (χ2n) is 3.15. The summed E-state index contributed by atoms with van der Waals surface area (Å²) in [6.07, 6.45) is 11.7. The Morgan fingerprint density at radius 3 is 1.70 bits per heavy atom. The zero-order valence-corrected chi connectivity index (χ0v) is 6.88. The Balaban J connectivity index is 2.55. The third kappa shape index (κ3) is 2.02. The molecular formula is C10H16. The molecule has 0 bridgehead atoms. The molecule has 0 heteroatoms. The molecular weight excluding hydrogens is 120 g/mol. The van der Waals surface area contributed by atoms with E-state index >= 15 is 0 Å². The van der Waals surface area contributed by atoms with Crippen molar-refractivity contribution in [2.45, 2.75) is 26.7 Å². The van der Waals surface area contributed by atoms with Crippen LogP contribution in [0.25, 0.3) is 0 Å². The molecule has 0 aliphatic heterocycles. The van der Waals surface area contributed by atoms with Gasteiger partial charge in [-0.2, -0.15) is 0 Å². The lowest BCUT2D eigenvalue weighted by Crippen LogP contribution is -2.02. The summed E-state index contributed by atoms with van der Waals surface area (Å²) in [5, 5.41) is 0. The molecule has 1 aliphatic carbocycles. The van der Waals surface area contributed by atoms with E-state index in [1.54, 1.807) is 0 Å². The minimum atomic E-state index is 0.719. The van der Waals surface area contributed by atoms with Gasteiger partial charge in [-0.15, -0.1) is 0 Å². The van der Waals surface area contributed by atoms with E-state index in [-0.39, 0.29) is 0 Å². The van der Waals surface area contributed by atoms with Crippen LogP contribution < -0.4 is 0 Å². The van der Waals surface area contributed by atoms with Gasteiger partial charge in [0.1, 0.15) is 0 Å². The van der Waals surface area contributed by atoms with Crippen LogP contribution in [0.15, 0.2) is 24.3 Å². The van der Waals surface area contributed by atoms with Crippen molar-refractivity contribution in [1.29, 1.82) is 0 Å². The molecule has 56 valence electrons. The van der Waals surface area contributed by atoms with Crippen molar-refractivity contribution in [1.82, 2.24) is 0 Å². The minimum absolute atomic E-state index is 0.719. The first-order chi connectivity index (χ1) is 4.80. The minimum Gasteiger partial charge on any atom is -0.0879 e. The lowest BCUT2D eigenvalue weighted by molar-refractivity contribution is 0.552. The summed E-state index contributed by atoms with van der Waals surface area (Å²) < 4.78 is 0. The summed E-state index contributed by atoms with van der Waals surface area (Å²) in [4.78, 5) is 0. The van der Waals surface area contributed by atoms with E-state index in [0.717, 1.165) is 11.8 Å². The second-order valence-corrected chi connectivity index (χ2v) is 3.15. The third-order valence-electron chi connectivity index (χ3n) is 2.21. The summed E-state index contributed by atoms with van der Waals surface area (Å²) in [5.41, 5.74) is 0. The van der Waals surface area contributed by atoms with Crippen molar-refractivity contribution in [2.24, 2.45) is 11.8 Å². The highest BCUT2D eigenvalue weighted by molar-refractivity contribution is 5.00. The van der Waals surface area contributed by atoms with E-state index in [9.17, 15) is 0 Å². The van der Waals surface area contributed by atoms with Crippen LogP contribution in [0.2, 0.25) is 0 Å². The van der Waals surface area contributed by atoms with Gasteiger partial charge in [-0.05, 0) is 24.7 Å². The fraction of sp³-hybridized carbons (Fsp3) is 0.600. The maximum Gasteiger partial charge on any atom is -0.0202 e. The molecule has 0 unspecified atom stereocenters. The normalized spacial score (nSPS) is 39.8. The average molecular weight is 136 g/mol. The first-order valence-corrected chi connectivity index (χ1v) is 4.14. The average Bonchev–Trinajstić information content (AvgIpc) is 1.92. The second kappa shape index (κ2) is 3.60. The van der Waals surface area contributed by atoms with Gasteiger partial charge in [-0.25, -0.2) is 0 Å². The standard InChI is InChI=1S/C10H16/c1-9-7-5-3-4-6-8-10(9)2/h5-10H,3-4H2,1-2H3/b7-5-,8-6-/t9-,10+. The molecule has 0 saturated carbocycles. The Kier molecular flexibility index (Phi) is 2.73. The van der Waals surface area contributed by atoms with Gasteiger partial charge in [0.2, 0.25) is 0 Å². The van der Waals surface area contributed by atoms with E-state index in [0.29, 0.717) is 0 Å². The molecule has 0 heterocycles. The quantitative estimate of drug-likeness (QED) is 0.449. The van der Waals surface area contributed by atoms with Crippen molar-refractivity contribution in [2.75, 3.05) is 0 Å². The molecule has 0 spiro atoms. The van der Waals surface area contributed by atoms with E-state index in [2.05, 4.69) is 38.2 Å². The molecule has 0 radical (unpaired) electrons. The molecule has 0 N–H and O–H groups in total. The number of allylic oxidation sites excluding steroid dienone is 4. The van der Waals surface area contributed by atoms with Crippen molar-refractivity contribution in [3.63, 3.8) is 0 Å². The van der Waals surface area contributed by atoms with Crippen molar-refractivity contribution in [3.05, 3.63) is 24.3 Å². The number of hydrogen-bond acceptors (Lipinski definition) is 0. The topological polar surface area (TPSA) is 0 Å². The molecule has 10 heavy (non-hydrogen) atoms. The van der Waals surface area contributed by atoms with E-state index < -0.39 is 0 Å². The molecule has 1 rings (SSSR count). The zero-order chi connectivity index (χ0) is 7.40. The predicted octanol–water partition coefficient (Wildman–Crippen LogP) is 3.16.